The lowest BCUT2D eigenvalue weighted by atomic mass is 9.63. The molecule has 1 spiro atoms. The molecule has 0 aliphatic carbocycles. The SMILES string of the molecule is CCN1CCC2(CCNCC2c2ccccc2Cl)CC1. The van der Waals surface area contributed by atoms with E-state index in [-0.39, 0.29) is 0 Å². The molecule has 1 unspecified atom stereocenters. The Morgan fingerprint density at radius 3 is 2.70 bits per heavy atom. The van der Waals surface area contributed by atoms with Crippen molar-refractivity contribution < 1.29 is 0 Å². The summed E-state index contributed by atoms with van der Waals surface area (Å²) in [6, 6.07) is 8.44. The molecule has 1 N–H and O–H groups in total. The Morgan fingerprint density at radius 2 is 2.00 bits per heavy atom. The van der Waals surface area contributed by atoms with E-state index in [0.29, 0.717) is 11.3 Å². The number of hydrogen-bond acceptors (Lipinski definition) is 2. The minimum Gasteiger partial charge on any atom is -0.316 e. The van der Waals surface area contributed by atoms with Crippen molar-refractivity contribution >= 4 is 11.6 Å². The number of piperidine rings is 2. The molecule has 2 aliphatic heterocycles. The molecule has 2 heterocycles. The van der Waals surface area contributed by atoms with Gasteiger partial charge in [0.2, 0.25) is 0 Å². The molecule has 3 rings (SSSR count). The summed E-state index contributed by atoms with van der Waals surface area (Å²) < 4.78 is 0. The van der Waals surface area contributed by atoms with Crippen LogP contribution >= 0.6 is 11.6 Å². The molecule has 3 heteroatoms. The number of rotatable bonds is 2. The molecule has 1 aromatic rings. The maximum absolute atomic E-state index is 6.48. The van der Waals surface area contributed by atoms with E-state index in [4.69, 9.17) is 11.6 Å². The minimum atomic E-state index is 0.460. The molecular formula is C17H25ClN2. The minimum absolute atomic E-state index is 0.460. The number of likely N-dealkylation sites (tertiary alicyclic amines) is 1. The van der Waals surface area contributed by atoms with Gasteiger partial charge >= 0.3 is 0 Å². The molecule has 110 valence electrons. The predicted molar refractivity (Wildman–Crippen MR) is 85.5 cm³/mol. The molecule has 0 bridgehead atoms. The monoisotopic (exact) mass is 292 g/mol. The first kappa shape index (κ1) is 14.4. The second kappa shape index (κ2) is 6.05. The largest absolute Gasteiger partial charge is 0.316 e. The summed E-state index contributed by atoms with van der Waals surface area (Å²) in [5.41, 5.74) is 1.81. The Balaban J connectivity index is 1.86. The van der Waals surface area contributed by atoms with Gasteiger partial charge < -0.3 is 10.2 Å². The van der Waals surface area contributed by atoms with Crippen LogP contribution in [0.1, 0.15) is 37.7 Å². The second-order valence-electron chi connectivity index (χ2n) is 6.32. The van der Waals surface area contributed by atoms with Crippen molar-refractivity contribution in [2.24, 2.45) is 5.41 Å². The quantitative estimate of drug-likeness (QED) is 0.897. The van der Waals surface area contributed by atoms with Crippen LogP contribution in [0.4, 0.5) is 0 Å². The van der Waals surface area contributed by atoms with Gasteiger partial charge in [0, 0.05) is 17.5 Å². The van der Waals surface area contributed by atoms with Crippen molar-refractivity contribution in [1.29, 1.82) is 0 Å². The highest BCUT2D eigenvalue weighted by molar-refractivity contribution is 6.31. The van der Waals surface area contributed by atoms with E-state index in [9.17, 15) is 0 Å². The van der Waals surface area contributed by atoms with Gasteiger partial charge in [-0.05, 0) is 62.5 Å². The van der Waals surface area contributed by atoms with Crippen molar-refractivity contribution in [3.05, 3.63) is 34.9 Å². The van der Waals surface area contributed by atoms with Crippen LogP contribution in [0.5, 0.6) is 0 Å². The van der Waals surface area contributed by atoms with Gasteiger partial charge in [0.1, 0.15) is 0 Å². The molecule has 2 saturated heterocycles. The number of benzene rings is 1. The lowest BCUT2D eigenvalue weighted by Gasteiger charge is -2.50. The summed E-state index contributed by atoms with van der Waals surface area (Å²) in [4.78, 5) is 2.58. The highest BCUT2D eigenvalue weighted by atomic mass is 35.5. The summed E-state index contributed by atoms with van der Waals surface area (Å²) in [6.07, 6.45) is 3.93. The molecule has 0 aromatic heterocycles. The van der Waals surface area contributed by atoms with Crippen LogP contribution in [0.2, 0.25) is 5.02 Å². The maximum atomic E-state index is 6.48. The number of hydrogen-bond donors (Lipinski definition) is 1. The third-order valence-electron chi connectivity index (χ3n) is 5.47. The first-order valence-corrected chi connectivity index (χ1v) is 8.30. The first-order chi connectivity index (χ1) is 9.75. The van der Waals surface area contributed by atoms with E-state index in [1.807, 2.05) is 12.1 Å². The standard InChI is InChI=1S/C17H25ClN2/c1-2-20-11-8-17(9-12-20)7-10-19-13-15(17)14-5-3-4-6-16(14)18/h3-6,15,19H,2,7-13H2,1H3. The smallest absolute Gasteiger partial charge is 0.0441 e. The fourth-order valence-corrected chi connectivity index (χ4v) is 4.35. The maximum Gasteiger partial charge on any atom is 0.0441 e. The van der Waals surface area contributed by atoms with Crippen LogP contribution in [0.25, 0.3) is 0 Å². The van der Waals surface area contributed by atoms with Gasteiger partial charge in [-0.3, -0.25) is 0 Å². The van der Waals surface area contributed by atoms with E-state index in [2.05, 4.69) is 29.3 Å². The van der Waals surface area contributed by atoms with Gasteiger partial charge in [0.25, 0.3) is 0 Å². The van der Waals surface area contributed by atoms with Crippen LogP contribution in [-0.4, -0.2) is 37.6 Å². The molecule has 1 atom stereocenters. The first-order valence-electron chi connectivity index (χ1n) is 7.93. The zero-order valence-electron chi connectivity index (χ0n) is 12.4. The van der Waals surface area contributed by atoms with E-state index >= 15 is 0 Å². The molecule has 0 saturated carbocycles. The molecule has 20 heavy (non-hydrogen) atoms. The van der Waals surface area contributed by atoms with Crippen molar-refractivity contribution in [3.8, 4) is 0 Å². The van der Waals surface area contributed by atoms with Crippen LogP contribution in [0.3, 0.4) is 0 Å². The summed E-state index contributed by atoms with van der Waals surface area (Å²) in [5, 5.41) is 4.53. The third-order valence-corrected chi connectivity index (χ3v) is 5.81. The van der Waals surface area contributed by atoms with Gasteiger partial charge in [-0.1, -0.05) is 36.7 Å². The van der Waals surface area contributed by atoms with Crippen LogP contribution in [-0.2, 0) is 0 Å². The normalized spacial score (nSPS) is 26.8. The van der Waals surface area contributed by atoms with Crippen molar-refractivity contribution in [3.63, 3.8) is 0 Å². The van der Waals surface area contributed by atoms with Gasteiger partial charge in [0.15, 0.2) is 0 Å². The molecule has 1 aromatic carbocycles. The fraction of sp³-hybridized carbons (Fsp3) is 0.647. The van der Waals surface area contributed by atoms with Crippen molar-refractivity contribution in [1.82, 2.24) is 10.2 Å². The van der Waals surface area contributed by atoms with Gasteiger partial charge in [-0.25, -0.2) is 0 Å². The third kappa shape index (κ3) is 2.61. The average molecular weight is 293 g/mol. The number of nitrogens with one attached hydrogen (secondary N) is 1. The van der Waals surface area contributed by atoms with Crippen LogP contribution < -0.4 is 5.32 Å². The summed E-state index contributed by atoms with van der Waals surface area (Å²) >= 11 is 6.48. The zero-order valence-corrected chi connectivity index (χ0v) is 13.1. The Morgan fingerprint density at radius 1 is 1.25 bits per heavy atom. The predicted octanol–water partition coefficient (Wildman–Crippen LogP) is 3.52. The molecule has 0 radical (unpaired) electrons. The van der Waals surface area contributed by atoms with Crippen molar-refractivity contribution in [2.45, 2.75) is 32.1 Å². The van der Waals surface area contributed by atoms with Gasteiger partial charge in [-0.15, -0.1) is 0 Å². The van der Waals surface area contributed by atoms with E-state index in [0.717, 1.165) is 18.1 Å². The second-order valence-corrected chi connectivity index (χ2v) is 6.73. The molecule has 2 nitrogen and oxygen atoms in total. The molecular weight excluding hydrogens is 268 g/mol. The van der Waals surface area contributed by atoms with Crippen LogP contribution in [0.15, 0.2) is 24.3 Å². The van der Waals surface area contributed by atoms with Crippen molar-refractivity contribution in [2.75, 3.05) is 32.7 Å². The Kier molecular flexibility index (Phi) is 4.34. The Labute approximate surface area is 127 Å². The van der Waals surface area contributed by atoms with E-state index in [1.54, 1.807) is 0 Å². The highest BCUT2D eigenvalue weighted by Gasteiger charge is 2.43. The Hall–Kier alpha value is -0.570. The lowest BCUT2D eigenvalue weighted by molar-refractivity contribution is 0.0563. The number of nitrogens with zero attached hydrogens (tertiary/aromatic N) is 1. The Bertz CT molecular complexity index is 452. The molecule has 2 aliphatic rings. The topological polar surface area (TPSA) is 15.3 Å². The summed E-state index contributed by atoms with van der Waals surface area (Å²) in [7, 11) is 0. The average Bonchev–Trinajstić information content (AvgIpc) is 2.50. The van der Waals surface area contributed by atoms with Crippen LogP contribution in [0, 0.1) is 5.41 Å². The van der Waals surface area contributed by atoms with E-state index < -0.39 is 0 Å². The number of halogens is 1. The highest BCUT2D eigenvalue weighted by Crippen LogP contribution is 2.49. The lowest BCUT2D eigenvalue weighted by Crippen LogP contribution is -2.50. The molecule has 0 amide bonds. The zero-order chi connectivity index (χ0) is 14.0. The van der Waals surface area contributed by atoms with Gasteiger partial charge in [0.05, 0.1) is 0 Å². The summed E-state index contributed by atoms with van der Waals surface area (Å²) in [5.74, 6) is 0.573. The van der Waals surface area contributed by atoms with E-state index in [1.165, 1.54) is 44.5 Å². The fourth-order valence-electron chi connectivity index (χ4n) is 4.09. The van der Waals surface area contributed by atoms with Gasteiger partial charge in [-0.2, -0.15) is 0 Å². The molecule has 2 fully saturated rings. The summed E-state index contributed by atoms with van der Waals surface area (Å²) in [6.45, 7) is 8.19.